The van der Waals surface area contributed by atoms with E-state index in [1.165, 1.54) is 6.08 Å². The minimum atomic E-state index is -5.83. The van der Waals surface area contributed by atoms with Crippen LogP contribution in [0.2, 0.25) is 0 Å². The molecule has 28 heavy (non-hydrogen) atoms. The van der Waals surface area contributed by atoms with E-state index >= 15 is 0 Å². The standard InChI is InChI=1S/C18H15F3N2O4S/c1-12-7-8-14(22-12)9-15-16(26-11-13-5-3-2-4-6-13)10-17(23-15)27-28(24,25)18(19,20)21/h2-10,22H,11H2,1H3/b15-9+. The topological polar surface area (TPSA) is 80.8 Å². The summed E-state index contributed by atoms with van der Waals surface area (Å²) in [4.78, 5) is 6.84. The molecule has 0 fully saturated rings. The molecule has 6 nitrogen and oxygen atoms in total. The van der Waals surface area contributed by atoms with Crippen LogP contribution in [0, 0.1) is 6.92 Å². The van der Waals surface area contributed by atoms with Gasteiger partial charge in [-0.05, 0) is 30.7 Å². The molecule has 0 saturated carbocycles. The molecule has 0 atom stereocenters. The molecule has 0 aliphatic carbocycles. The van der Waals surface area contributed by atoms with Crippen LogP contribution in [0.5, 0.6) is 0 Å². The van der Waals surface area contributed by atoms with Gasteiger partial charge in [0.1, 0.15) is 12.3 Å². The number of H-pyrrole nitrogens is 1. The van der Waals surface area contributed by atoms with Crippen molar-refractivity contribution >= 4 is 22.1 Å². The number of rotatable bonds is 5. The van der Waals surface area contributed by atoms with Crippen LogP contribution in [0.1, 0.15) is 17.0 Å². The van der Waals surface area contributed by atoms with Gasteiger partial charge in [0.05, 0.1) is 0 Å². The number of aliphatic imine (C=N–C) groups is 1. The smallest absolute Gasteiger partial charge is 0.486 e. The highest BCUT2D eigenvalue weighted by atomic mass is 32.2. The van der Waals surface area contributed by atoms with E-state index in [4.69, 9.17) is 4.74 Å². The second kappa shape index (κ2) is 7.55. The number of alkyl halides is 3. The first kappa shape index (κ1) is 19.7. The molecular weight excluding hydrogens is 397 g/mol. The monoisotopic (exact) mass is 412 g/mol. The largest absolute Gasteiger partial charge is 0.534 e. The van der Waals surface area contributed by atoms with E-state index in [-0.39, 0.29) is 18.1 Å². The molecule has 1 aromatic heterocycles. The second-order valence-corrected chi connectivity index (χ2v) is 7.38. The molecule has 0 saturated heterocycles. The SMILES string of the molecule is Cc1ccc(/C=C2/N=C(OS(=O)(=O)C(F)(F)F)C=C2OCc2ccccc2)[nH]1. The summed E-state index contributed by atoms with van der Waals surface area (Å²) in [5.74, 6) is -0.640. The lowest BCUT2D eigenvalue weighted by Crippen LogP contribution is -2.27. The van der Waals surface area contributed by atoms with Crippen molar-refractivity contribution in [3.8, 4) is 0 Å². The lowest BCUT2D eigenvalue weighted by atomic mass is 10.2. The minimum absolute atomic E-state index is 0.0866. The molecular formula is C18H15F3N2O4S. The third-order valence-electron chi connectivity index (χ3n) is 3.60. The van der Waals surface area contributed by atoms with Gasteiger partial charge >= 0.3 is 15.6 Å². The Labute approximate surface area is 159 Å². The molecule has 0 amide bonds. The Morgan fingerprint density at radius 3 is 2.46 bits per heavy atom. The van der Waals surface area contributed by atoms with Gasteiger partial charge in [0, 0.05) is 17.5 Å². The van der Waals surface area contributed by atoms with Crippen LogP contribution >= 0.6 is 0 Å². The van der Waals surface area contributed by atoms with Crippen LogP contribution in [-0.2, 0) is 25.6 Å². The van der Waals surface area contributed by atoms with Gasteiger partial charge in [-0.2, -0.15) is 21.6 Å². The Bertz CT molecular complexity index is 1050. The van der Waals surface area contributed by atoms with Crippen molar-refractivity contribution in [1.29, 1.82) is 0 Å². The van der Waals surface area contributed by atoms with Gasteiger partial charge in [0.15, 0.2) is 5.76 Å². The number of hydrogen-bond acceptors (Lipinski definition) is 5. The summed E-state index contributed by atoms with van der Waals surface area (Å²) >= 11 is 0. The first-order valence-corrected chi connectivity index (χ1v) is 9.40. The number of benzene rings is 1. The molecule has 1 N–H and O–H groups in total. The van der Waals surface area contributed by atoms with E-state index in [9.17, 15) is 21.6 Å². The van der Waals surface area contributed by atoms with E-state index in [1.807, 2.05) is 13.0 Å². The zero-order valence-electron chi connectivity index (χ0n) is 14.5. The number of nitrogens with one attached hydrogen (secondary N) is 1. The van der Waals surface area contributed by atoms with Gasteiger partial charge in [-0.25, -0.2) is 4.99 Å². The molecule has 2 heterocycles. The number of ether oxygens (including phenoxy) is 1. The summed E-state index contributed by atoms with van der Waals surface area (Å²) in [7, 11) is -5.83. The number of aryl methyl sites for hydroxylation is 1. The summed E-state index contributed by atoms with van der Waals surface area (Å²) < 4.78 is 69.9. The van der Waals surface area contributed by atoms with Crippen LogP contribution < -0.4 is 0 Å². The third-order valence-corrected chi connectivity index (χ3v) is 4.56. The maximum Gasteiger partial charge on any atom is 0.534 e. The van der Waals surface area contributed by atoms with E-state index in [0.717, 1.165) is 17.3 Å². The second-order valence-electron chi connectivity index (χ2n) is 5.84. The fraction of sp³-hybridized carbons (Fsp3) is 0.167. The molecule has 1 aromatic carbocycles. The Balaban J connectivity index is 1.86. The number of aromatic nitrogens is 1. The van der Waals surface area contributed by atoms with Crippen molar-refractivity contribution < 1.29 is 30.5 Å². The van der Waals surface area contributed by atoms with Crippen LogP contribution in [0.4, 0.5) is 13.2 Å². The number of halogens is 3. The van der Waals surface area contributed by atoms with Crippen molar-refractivity contribution in [3.63, 3.8) is 0 Å². The van der Waals surface area contributed by atoms with Crippen LogP contribution in [0.3, 0.4) is 0 Å². The minimum Gasteiger partial charge on any atom is -0.486 e. The zero-order valence-corrected chi connectivity index (χ0v) is 15.3. The zero-order chi connectivity index (χ0) is 20.4. The highest BCUT2D eigenvalue weighted by molar-refractivity contribution is 7.88. The fourth-order valence-electron chi connectivity index (χ4n) is 2.31. The van der Waals surface area contributed by atoms with E-state index in [0.29, 0.717) is 5.69 Å². The van der Waals surface area contributed by atoms with Gasteiger partial charge < -0.3 is 13.9 Å². The van der Waals surface area contributed by atoms with Crippen molar-refractivity contribution in [1.82, 2.24) is 4.98 Å². The van der Waals surface area contributed by atoms with Crippen molar-refractivity contribution in [2.24, 2.45) is 4.99 Å². The molecule has 0 radical (unpaired) electrons. The predicted molar refractivity (Wildman–Crippen MR) is 96.3 cm³/mol. The van der Waals surface area contributed by atoms with Crippen LogP contribution in [-0.4, -0.2) is 24.8 Å². The molecule has 0 spiro atoms. The van der Waals surface area contributed by atoms with Gasteiger partial charge in [-0.3, -0.25) is 0 Å². The van der Waals surface area contributed by atoms with Gasteiger partial charge in [-0.15, -0.1) is 0 Å². The summed E-state index contributed by atoms with van der Waals surface area (Å²) in [5.41, 5.74) is -3.13. The number of hydrogen-bond donors (Lipinski definition) is 1. The number of nitrogens with zero attached hydrogens (tertiary/aromatic N) is 1. The predicted octanol–water partition coefficient (Wildman–Crippen LogP) is 4.04. The summed E-state index contributed by atoms with van der Waals surface area (Å²) in [6.45, 7) is 1.94. The Morgan fingerprint density at radius 2 is 1.86 bits per heavy atom. The van der Waals surface area contributed by atoms with Gasteiger partial charge in [0.25, 0.3) is 0 Å². The van der Waals surface area contributed by atoms with Crippen molar-refractivity contribution in [2.45, 2.75) is 19.0 Å². The third kappa shape index (κ3) is 4.63. The summed E-state index contributed by atoms with van der Waals surface area (Å²) in [6, 6.07) is 12.6. The molecule has 0 bridgehead atoms. The normalized spacial score (nSPS) is 16.1. The first-order chi connectivity index (χ1) is 13.1. The maximum absolute atomic E-state index is 12.6. The maximum atomic E-state index is 12.6. The Kier molecular flexibility index (Phi) is 5.32. The molecule has 148 valence electrons. The van der Waals surface area contributed by atoms with E-state index in [1.54, 1.807) is 36.4 Å². The number of aromatic amines is 1. The first-order valence-electron chi connectivity index (χ1n) is 7.99. The van der Waals surface area contributed by atoms with Gasteiger partial charge in [0.2, 0.25) is 5.90 Å². The van der Waals surface area contributed by atoms with Crippen molar-refractivity contribution in [3.05, 3.63) is 76.9 Å². The molecule has 2 aromatic rings. The Hall–Kier alpha value is -3.01. The summed E-state index contributed by atoms with van der Waals surface area (Å²) in [6.07, 6.45) is 2.52. The lowest BCUT2D eigenvalue weighted by molar-refractivity contribution is -0.0504. The average molecular weight is 412 g/mol. The molecule has 3 rings (SSSR count). The molecule has 1 aliphatic rings. The van der Waals surface area contributed by atoms with E-state index in [2.05, 4.69) is 14.2 Å². The average Bonchev–Trinajstić information content (AvgIpc) is 3.18. The van der Waals surface area contributed by atoms with Crippen molar-refractivity contribution in [2.75, 3.05) is 0 Å². The highest BCUT2D eigenvalue weighted by Gasteiger charge is 2.49. The molecule has 0 unspecified atom stereocenters. The van der Waals surface area contributed by atoms with Crippen LogP contribution in [0.25, 0.3) is 6.08 Å². The lowest BCUT2D eigenvalue weighted by Gasteiger charge is -2.07. The Morgan fingerprint density at radius 1 is 1.14 bits per heavy atom. The highest BCUT2D eigenvalue weighted by Crippen LogP contribution is 2.29. The van der Waals surface area contributed by atoms with E-state index < -0.39 is 21.5 Å². The van der Waals surface area contributed by atoms with Gasteiger partial charge in [-0.1, -0.05) is 30.3 Å². The fourth-order valence-corrected chi connectivity index (χ4v) is 2.71. The summed E-state index contributed by atoms with van der Waals surface area (Å²) in [5, 5.41) is 0. The quantitative estimate of drug-likeness (QED) is 0.594. The molecule has 1 aliphatic heterocycles. The van der Waals surface area contributed by atoms with Crippen LogP contribution in [0.15, 0.2) is 65.0 Å². The molecule has 10 heteroatoms.